The van der Waals surface area contributed by atoms with Crippen LogP contribution >= 0.6 is 0 Å². The molecular formula is C43H36N2O2. The van der Waals surface area contributed by atoms with Gasteiger partial charge in [-0.25, -0.2) is 4.90 Å². The molecule has 0 saturated heterocycles. The van der Waals surface area contributed by atoms with Gasteiger partial charge < -0.3 is 4.57 Å². The van der Waals surface area contributed by atoms with E-state index in [1.165, 1.54) is 10.5 Å². The minimum Gasteiger partial charge on any atom is -0.309 e. The van der Waals surface area contributed by atoms with Gasteiger partial charge in [0.25, 0.3) is 5.91 Å². The number of nitrogens with zero attached hydrogens (tertiary/aromatic N) is 2. The second kappa shape index (κ2) is 11.9. The molecule has 0 aliphatic carbocycles. The number of hydrogen-bond acceptors (Lipinski definition) is 2. The molecule has 7 aromatic rings. The number of amides is 2. The Morgan fingerprint density at radius 3 is 1.83 bits per heavy atom. The first-order chi connectivity index (χ1) is 22.8. The van der Waals surface area contributed by atoms with Crippen molar-refractivity contribution in [3.8, 4) is 27.9 Å². The molecule has 0 aliphatic heterocycles. The minimum atomic E-state index is -0.379. The summed E-state index contributed by atoms with van der Waals surface area (Å²) < 4.78 is 2.25. The summed E-state index contributed by atoms with van der Waals surface area (Å²) in [4.78, 5) is 29.1. The fourth-order valence-corrected chi connectivity index (χ4v) is 6.63. The van der Waals surface area contributed by atoms with E-state index in [4.69, 9.17) is 0 Å². The van der Waals surface area contributed by atoms with Gasteiger partial charge in [-0.2, -0.15) is 0 Å². The number of para-hydroxylation sites is 2. The summed E-state index contributed by atoms with van der Waals surface area (Å²) in [5.41, 5.74) is 9.52. The number of hydrogen-bond donors (Lipinski definition) is 0. The molecule has 2 amide bonds. The highest BCUT2D eigenvalue weighted by atomic mass is 16.2. The maximum Gasteiger partial charge on any atom is 0.265 e. The van der Waals surface area contributed by atoms with Gasteiger partial charge in [-0.3, -0.25) is 9.59 Å². The lowest BCUT2D eigenvalue weighted by molar-refractivity contribution is -0.106. The van der Waals surface area contributed by atoms with Crippen molar-refractivity contribution in [2.24, 2.45) is 0 Å². The highest BCUT2D eigenvalue weighted by Crippen LogP contribution is 2.41. The molecule has 0 saturated carbocycles. The number of fused-ring (bicyclic) bond motifs is 3. The summed E-state index contributed by atoms with van der Waals surface area (Å²) in [6, 6.07) is 46.5. The maximum absolute atomic E-state index is 14.7. The average molecular weight is 613 g/mol. The van der Waals surface area contributed by atoms with Crippen LogP contribution in [-0.2, 0) is 10.2 Å². The monoisotopic (exact) mass is 612 g/mol. The second-order valence-electron chi connectivity index (χ2n) is 13.0. The zero-order valence-electron chi connectivity index (χ0n) is 27.1. The van der Waals surface area contributed by atoms with Gasteiger partial charge in [0.05, 0.1) is 16.7 Å². The topological polar surface area (TPSA) is 42.3 Å². The van der Waals surface area contributed by atoms with E-state index in [1.807, 2.05) is 104 Å². The van der Waals surface area contributed by atoms with Gasteiger partial charge in [-0.05, 0) is 58.9 Å². The van der Waals surface area contributed by atoms with Crippen LogP contribution in [-0.4, -0.2) is 16.9 Å². The third-order valence-corrected chi connectivity index (χ3v) is 9.09. The minimum absolute atomic E-state index is 0.0323. The molecular weight excluding hydrogens is 576 g/mol. The Bertz CT molecular complexity index is 2220. The van der Waals surface area contributed by atoms with Crippen molar-refractivity contribution in [3.05, 3.63) is 156 Å². The summed E-state index contributed by atoms with van der Waals surface area (Å²) in [5, 5.41) is 2.31. The molecule has 7 rings (SSSR count). The molecule has 1 heterocycles. The molecule has 0 aliphatic rings. The Kier molecular flexibility index (Phi) is 7.57. The molecule has 0 fully saturated rings. The smallest absolute Gasteiger partial charge is 0.265 e. The Hall–Kier alpha value is -5.74. The molecule has 0 N–H and O–H groups in total. The van der Waals surface area contributed by atoms with Gasteiger partial charge in [0.1, 0.15) is 0 Å². The van der Waals surface area contributed by atoms with Gasteiger partial charge in [-0.15, -0.1) is 0 Å². The number of carbonyl (C=O) groups excluding carboxylic acids is 2. The van der Waals surface area contributed by atoms with Crippen molar-refractivity contribution in [1.82, 2.24) is 4.57 Å². The molecule has 0 atom stereocenters. The zero-order valence-corrected chi connectivity index (χ0v) is 27.1. The SMILES string of the molecule is Cc1c(C(=O)N(C=O)c2c(-c3ccccc3)cccc2-c2ccccc2)cccc1-n1c2ccccc2c2ccc(C(C)(C)C)cc21. The first-order valence-corrected chi connectivity index (χ1v) is 15.9. The van der Waals surface area contributed by atoms with E-state index in [0.717, 1.165) is 55.3 Å². The highest BCUT2D eigenvalue weighted by molar-refractivity contribution is 6.20. The Labute approximate surface area is 275 Å². The summed E-state index contributed by atoms with van der Waals surface area (Å²) in [5.74, 6) is -0.379. The highest BCUT2D eigenvalue weighted by Gasteiger charge is 2.27. The first kappa shape index (κ1) is 29.9. The second-order valence-corrected chi connectivity index (χ2v) is 13.0. The zero-order chi connectivity index (χ0) is 32.7. The molecule has 6 aromatic carbocycles. The number of imide groups is 1. The van der Waals surface area contributed by atoms with Crippen LogP contribution in [0.1, 0.15) is 42.3 Å². The predicted molar refractivity (Wildman–Crippen MR) is 194 cm³/mol. The van der Waals surface area contributed by atoms with E-state index >= 15 is 0 Å². The van der Waals surface area contributed by atoms with Crippen molar-refractivity contribution in [2.75, 3.05) is 4.90 Å². The van der Waals surface area contributed by atoms with Gasteiger partial charge in [0.2, 0.25) is 6.41 Å². The molecule has 1 aromatic heterocycles. The third kappa shape index (κ3) is 5.22. The van der Waals surface area contributed by atoms with Crippen LogP contribution < -0.4 is 4.90 Å². The number of aromatic nitrogens is 1. The van der Waals surface area contributed by atoms with Crippen LogP contribution in [0.5, 0.6) is 0 Å². The van der Waals surface area contributed by atoms with Gasteiger partial charge >= 0.3 is 0 Å². The Balaban J connectivity index is 1.43. The first-order valence-electron chi connectivity index (χ1n) is 15.9. The fraction of sp³-hybridized carbons (Fsp3) is 0.116. The van der Waals surface area contributed by atoms with E-state index in [0.29, 0.717) is 17.7 Å². The predicted octanol–water partition coefficient (Wildman–Crippen LogP) is 10.5. The summed E-state index contributed by atoms with van der Waals surface area (Å²) in [7, 11) is 0. The number of anilines is 1. The van der Waals surface area contributed by atoms with E-state index < -0.39 is 0 Å². The lowest BCUT2D eigenvalue weighted by atomic mass is 9.86. The van der Waals surface area contributed by atoms with E-state index in [1.54, 1.807) is 0 Å². The Morgan fingerprint density at radius 2 is 1.21 bits per heavy atom. The summed E-state index contributed by atoms with van der Waals surface area (Å²) in [6.07, 6.45) is 0.652. The molecule has 47 heavy (non-hydrogen) atoms. The molecule has 0 unspecified atom stereocenters. The number of carbonyl (C=O) groups is 2. The van der Waals surface area contributed by atoms with Crippen molar-refractivity contribution in [3.63, 3.8) is 0 Å². The summed E-state index contributed by atoms with van der Waals surface area (Å²) in [6.45, 7) is 8.63. The van der Waals surface area contributed by atoms with Crippen molar-refractivity contribution < 1.29 is 9.59 Å². The molecule has 4 nitrogen and oxygen atoms in total. The standard InChI is InChI=1S/C43H36N2O2/c1-29-33(20-14-24-38(29)45-39-23-12-11-19-36(39)37-26-25-32(27-40(37)45)43(2,3)4)42(47)44(28-46)41-34(30-15-7-5-8-16-30)21-13-22-35(41)31-17-9-6-10-18-31/h5-28H,1-4H3. The van der Waals surface area contributed by atoms with Gasteiger partial charge in [-0.1, -0.05) is 136 Å². The maximum atomic E-state index is 14.7. The van der Waals surface area contributed by atoms with Crippen LogP contribution in [0.4, 0.5) is 5.69 Å². The molecule has 230 valence electrons. The molecule has 0 bridgehead atoms. The largest absolute Gasteiger partial charge is 0.309 e. The van der Waals surface area contributed by atoms with Crippen LogP contribution in [0.25, 0.3) is 49.7 Å². The van der Waals surface area contributed by atoms with Crippen LogP contribution in [0.15, 0.2) is 140 Å². The Morgan fingerprint density at radius 1 is 0.638 bits per heavy atom. The quantitative estimate of drug-likeness (QED) is 0.175. The molecule has 4 heteroatoms. The third-order valence-electron chi connectivity index (χ3n) is 9.09. The van der Waals surface area contributed by atoms with Crippen molar-refractivity contribution in [2.45, 2.75) is 33.1 Å². The summed E-state index contributed by atoms with van der Waals surface area (Å²) >= 11 is 0. The van der Waals surface area contributed by atoms with E-state index in [2.05, 4.69) is 67.8 Å². The lowest BCUT2D eigenvalue weighted by Crippen LogP contribution is -2.31. The number of benzene rings is 6. The van der Waals surface area contributed by atoms with Gasteiger partial charge in [0, 0.05) is 33.2 Å². The van der Waals surface area contributed by atoms with Crippen LogP contribution in [0.2, 0.25) is 0 Å². The molecule has 0 spiro atoms. The van der Waals surface area contributed by atoms with Crippen molar-refractivity contribution >= 4 is 39.8 Å². The average Bonchev–Trinajstić information content (AvgIpc) is 3.42. The molecule has 0 radical (unpaired) electrons. The fourth-order valence-electron chi connectivity index (χ4n) is 6.63. The normalized spacial score (nSPS) is 11.6. The van der Waals surface area contributed by atoms with Crippen molar-refractivity contribution in [1.29, 1.82) is 0 Å². The lowest BCUT2D eigenvalue weighted by Gasteiger charge is -2.24. The van der Waals surface area contributed by atoms with Crippen LogP contribution in [0, 0.1) is 6.92 Å². The van der Waals surface area contributed by atoms with Crippen LogP contribution in [0.3, 0.4) is 0 Å². The number of rotatable bonds is 6. The van der Waals surface area contributed by atoms with Gasteiger partial charge in [0.15, 0.2) is 0 Å². The van der Waals surface area contributed by atoms with E-state index in [-0.39, 0.29) is 11.3 Å². The van der Waals surface area contributed by atoms with E-state index in [9.17, 15) is 9.59 Å².